The van der Waals surface area contributed by atoms with E-state index < -0.39 is 0 Å². The normalized spacial score (nSPS) is 12.4. The highest BCUT2D eigenvalue weighted by Crippen LogP contribution is 2.21. The minimum atomic E-state index is -0.132. The lowest BCUT2D eigenvalue weighted by Gasteiger charge is -2.14. The number of rotatable bonds is 5. The number of nitrogens with one attached hydrogen (secondary N) is 1. The number of amides is 1. The Balaban J connectivity index is 2.06. The molecule has 8 heteroatoms. The van der Waals surface area contributed by atoms with Crippen molar-refractivity contribution in [1.29, 1.82) is 0 Å². The predicted octanol–water partition coefficient (Wildman–Crippen LogP) is 0.384. The average Bonchev–Trinajstić information content (AvgIpc) is 2.97. The van der Waals surface area contributed by atoms with Gasteiger partial charge in [-0.05, 0) is 38.1 Å². The maximum atomic E-state index is 11.9. The van der Waals surface area contributed by atoms with Crippen LogP contribution in [0.5, 0.6) is 0 Å². The number of hydrogen-bond donors (Lipinski definition) is 1. The minimum Gasteiger partial charge on any atom is -0.348 e. The van der Waals surface area contributed by atoms with Gasteiger partial charge in [-0.2, -0.15) is 5.10 Å². The highest BCUT2D eigenvalue weighted by Gasteiger charge is 2.18. The molecule has 20 heavy (non-hydrogen) atoms. The standard InChI is InChI=1S/C12H19N7O/c1-5-19-10(4)12(9(3)15-19)8(2)14-11(20)6-18-7-13-16-17-18/h7-8H,5-6H2,1-4H3,(H,14,20)/t8-/m1/s1. The van der Waals surface area contributed by atoms with E-state index in [-0.39, 0.29) is 18.5 Å². The molecule has 8 nitrogen and oxygen atoms in total. The molecule has 108 valence electrons. The predicted molar refractivity (Wildman–Crippen MR) is 71.7 cm³/mol. The van der Waals surface area contributed by atoms with Crippen molar-refractivity contribution in [1.82, 2.24) is 35.3 Å². The second-order valence-electron chi connectivity index (χ2n) is 4.70. The maximum Gasteiger partial charge on any atom is 0.242 e. The van der Waals surface area contributed by atoms with Crippen molar-refractivity contribution in [3.8, 4) is 0 Å². The fourth-order valence-corrected chi connectivity index (χ4v) is 2.40. The smallest absolute Gasteiger partial charge is 0.242 e. The zero-order valence-corrected chi connectivity index (χ0v) is 12.2. The summed E-state index contributed by atoms with van der Waals surface area (Å²) in [7, 11) is 0. The summed E-state index contributed by atoms with van der Waals surface area (Å²) in [6, 6.07) is -0.0979. The first-order valence-corrected chi connectivity index (χ1v) is 6.57. The van der Waals surface area contributed by atoms with Gasteiger partial charge in [-0.15, -0.1) is 5.10 Å². The quantitative estimate of drug-likeness (QED) is 0.853. The fraction of sp³-hybridized carbons (Fsp3) is 0.583. The zero-order chi connectivity index (χ0) is 14.7. The van der Waals surface area contributed by atoms with Crippen molar-refractivity contribution < 1.29 is 4.79 Å². The number of carbonyl (C=O) groups is 1. The van der Waals surface area contributed by atoms with E-state index in [9.17, 15) is 4.79 Å². The second-order valence-corrected chi connectivity index (χ2v) is 4.70. The van der Waals surface area contributed by atoms with Crippen molar-refractivity contribution in [2.24, 2.45) is 0 Å². The molecule has 0 saturated heterocycles. The maximum absolute atomic E-state index is 11.9. The van der Waals surface area contributed by atoms with Crippen LogP contribution in [0.3, 0.4) is 0 Å². The molecule has 0 fully saturated rings. The molecule has 1 atom stereocenters. The first-order valence-electron chi connectivity index (χ1n) is 6.57. The molecule has 1 amide bonds. The van der Waals surface area contributed by atoms with Gasteiger partial charge in [0.2, 0.25) is 5.91 Å². The fourth-order valence-electron chi connectivity index (χ4n) is 2.40. The van der Waals surface area contributed by atoms with E-state index in [1.54, 1.807) is 0 Å². The Bertz CT molecular complexity index is 587. The monoisotopic (exact) mass is 277 g/mol. The third-order valence-electron chi connectivity index (χ3n) is 3.24. The van der Waals surface area contributed by atoms with Crippen LogP contribution in [-0.4, -0.2) is 35.9 Å². The molecule has 0 spiro atoms. The van der Waals surface area contributed by atoms with Crippen LogP contribution in [0, 0.1) is 13.8 Å². The topological polar surface area (TPSA) is 90.5 Å². The second kappa shape index (κ2) is 5.81. The van der Waals surface area contributed by atoms with Crippen LogP contribution in [0.15, 0.2) is 6.33 Å². The van der Waals surface area contributed by atoms with Crippen molar-refractivity contribution in [3.63, 3.8) is 0 Å². The van der Waals surface area contributed by atoms with Crippen LogP contribution in [0.4, 0.5) is 0 Å². The van der Waals surface area contributed by atoms with Gasteiger partial charge in [0.05, 0.1) is 11.7 Å². The van der Waals surface area contributed by atoms with Crippen molar-refractivity contribution in [2.75, 3.05) is 0 Å². The lowest BCUT2D eigenvalue weighted by molar-refractivity contribution is -0.122. The van der Waals surface area contributed by atoms with Gasteiger partial charge in [-0.1, -0.05) is 0 Å². The first kappa shape index (κ1) is 14.2. The Labute approximate surface area is 117 Å². The largest absolute Gasteiger partial charge is 0.348 e. The van der Waals surface area contributed by atoms with Crippen molar-refractivity contribution >= 4 is 5.91 Å². The van der Waals surface area contributed by atoms with Crippen LogP contribution in [0.25, 0.3) is 0 Å². The van der Waals surface area contributed by atoms with Gasteiger partial charge >= 0.3 is 0 Å². The van der Waals surface area contributed by atoms with Crippen LogP contribution >= 0.6 is 0 Å². The van der Waals surface area contributed by atoms with Gasteiger partial charge < -0.3 is 5.32 Å². The average molecular weight is 277 g/mol. The number of aromatic nitrogens is 6. The highest BCUT2D eigenvalue weighted by molar-refractivity contribution is 5.76. The molecule has 2 aromatic heterocycles. The number of tetrazole rings is 1. The molecule has 2 aromatic rings. The Morgan fingerprint density at radius 3 is 2.75 bits per heavy atom. The van der Waals surface area contributed by atoms with Crippen molar-refractivity contribution in [3.05, 3.63) is 23.3 Å². The van der Waals surface area contributed by atoms with Crippen LogP contribution < -0.4 is 5.32 Å². The Kier molecular flexibility index (Phi) is 4.11. The third-order valence-corrected chi connectivity index (χ3v) is 3.24. The van der Waals surface area contributed by atoms with Gasteiger partial charge in [-0.3, -0.25) is 9.48 Å². The third kappa shape index (κ3) is 2.84. The molecule has 1 N–H and O–H groups in total. The molecule has 0 aliphatic heterocycles. The SMILES string of the molecule is CCn1nc(C)c([C@@H](C)NC(=O)Cn2cnnn2)c1C. The van der Waals surface area contributed by atoms with Gasteiger partial charge in [0.1, 0.15) is 12.9 Å². The molecule has 2 heterocycles. The summed E-state index contributed by atoms with van der Waals surface area (Å²) in [4.78, 5) is 11.9. The summed E-state index contributed by atoms with van der Waals surface area (Å²) < 4.78 is 3.33. The summed E-state index contributed by atoms with van der Waals surface area (Å²) in [6.07, 6.45) is 1.41. The summed E-state index contributed by atoms with van der Waals surface area (Å²) in [5, 5.41) is 18.1. The number of carbonyl (C=O) groups excluding carboxylic acids is 1. The number of aryl methyl sites for hydroxylation is 2. The Morgan fingerprint density at radius 1 is 1.45 bits per heavy atom. The molecule has 2 rings (SSSR count). The Hall–Kier alpha value is -2.25. The van der Waals surface area contributed by atoms with Crippen LogP contribution in [0.2, 0.25) is 0 Å². The number of hydrogen-bond acceptors (Lipinski definition) is 5. The molecular formula is C12H19N7O. The summed E-state index contributed by atoms with van der Waals surface area (Å²) in [6.45, 7) is 8.90. The molecule has 0 aliphatic rings. The molecule has 0 aliphatic carbocycles. The van der Waals surface area contributed by atoms with Gasteiger partial charge in [0.25, 0.3) is 0 Å². The van der Waals surface area contributed by atoms with E-state index in [0.29, 0.717) is 0 Å². The summed E-state index contributed by atoms with van der Waals surface area (Å²) >= 11 is 0. The van der Waals surface area contributed by atoms with E-state index in [2.05, 4.69) is 25.9 Å². The van der Waals surface area contributed by atoms with E-state index in [1.807, 2.05) is 32.4 Å². The molecule has 0 bridgehead atoms. The molecule has 0 saturated carbocycles. The Morgan fingerprint density at radius 2 is 2.20 bits per heavy atom. The zero-order valence-electron chi connectivity index (χ0n) is 12.2. The van der Waals surface area contributed by atoms with E-state index in [0.717, 1.165) is 23.5 Å². The lowest BCUT2D eigenvalue weighted by Crippen LogP contribution is -2.30. The molecule has 0 aromatic carbocycles. The molecule has 0 radical (unpaired) electrons. The van der Waals surface area contributed by atoms with Crippen molar-refractivity contribution in [2.45, 2.75) is 46.8 Å². The van der Waals surface area contributed by atoms with Gasteiger partial charge in [0, 0.05) is 17.8 Å². The van der Waals surface area contributed by atoms with Crippen LogP contribution in [0.1, 0.15) is 36.8 Å². The highest BCUT2D eigenvalue weighted by atomic mass is 16.2. The number of nitrogens with zero attached hydrogens (tertiary/aromatic N) is 6. The van der Waals surface area contributed by atoms with Crippen LogP contribution in [-0.2, 0) is 17.9 Å². The lowest BCUT2D eigenvalue weighted by atomic mass is 10.1. The van der Waals surface area contributed by atoms with E-state index in [1.165, 1.54) is 11.0 Å². The minimum absolute atomic E-state index is 0.0979. The van der Waals surface area contributed by atoms with Gasteiger partial charge in [0.15, 0.2) is 0 Å². The summed E-state index contributed by atoms with van der Waals surface area (Å²) in [5.74, 6) is -0.132. The summed E-state index contributed by atoms with van der Waals surface area (Å²) in [5.41, 5.74) is 3.09. The molecular weight excluding hydrogens is 258 g/mol. The first-order chi connectivity index (χ1) is 9.52. The van der Waals surface area contributed by atoms with Gasteiger partial charge in [-0.25, -0.2) is 4.68 Å². The van der Waals surface area contributed by atoms with E-state index in [4.69, 9.17) is 0 Å². The molecule has 0 unspecified atom stereocenters. The van der Waals surface area contributed by atoms with E-state index >= 15 is 0 Å².